The van der Waals surface area contributed by atoms with Gasteiger partial charge < -0.3 is 9.94 Å². The minimum absolute atomic E-state index is 0.0971. The highest BCUT2D eigenvalue weighted by molar-refractivity contribution is 6.32. The summed E-state index contributed by atoms with van der Waals surface area (Å²) in [6, 6.07) is 11.3. The number of hydrogen-bond donors (Lipinski definition) is 1. The van der Waals surface area contributed by atoms with Crippen LogP contribution < -0.4 is 4.74 Å². The molecule has 0 spiro atoms. The molecule has 0 aliphatic rings. The van der Waals surface area contributed by atoms with Gasteiger partial charge in [0, 0.05) is 5.56 Å². The predicted octanol–water partition coefficient (Wildman–Crippen LogP) is 3.87. The van der Waals surface area contributed by atoms with Gasteiger partial charge in [-0.15, -0.1) is 0 Å². The number of nitrogens with zero attached hydrogens (tertiary/aromatic N) is 1. The van der Waals surface area contributed by atoms with Crippen LogP contribution >= 0.6 is 11.6 Å². The molecule has 19 heavy (non-hydrogen) atoms. The molecule has 2 aromatic rings. The van der Waals surface area contributed by atoms with Crippen LogP contribution in [0, 0.1) is 5.82 Å². The van der Waals surface area contributed by atoms with E-state index in [0.717, 1.165) is 0 Å². The summed E-state index contributed by atoms with van der Waals surface area (Å²) >= 11 is 6.01. The van der Waals surface area contributed by atoms with E-state index in [0.29, 0.717) is 21.9 Å². The third-order valence-electron chi connectivity index (χ3n) is 2.50. The van der Waals surface area contributed by atoms with E-state index in [1.807, 2.05) is 0 Å². The van der Waals surface area contributed by atoms with Gasteiger partial charge in [-0.2, -0.15) is 0 Å². The van der Waals surface area contributed by atoms with Crippen molar-refractivity contribution in [3.63, 3.8) is 0 Å². The Morgan fingerprint density at radius 2 is 2.05 bits per heavy atom. The maximum atomic E-state index is 13.4. The van der Waals surface area contributed by atoms with Gasteiger partial charge >= 0.3 is 0 Å². The molecule has 0 fully saturated rings. The van der Waals surface area contributed by atoms with Gasteiger partial charge in [0.1, 0.15) is 18.2 Å². The Morgan fingerprint density at radius 3 is 2.74 bits per heavy atom. The molecule has 98 valence electrons. The van der Waals surface area contributed by atoms with Gasteiger partial charge in [-0.1, -0.05) is 35.0 Å². The molecule has 0 atom stereocenters. The Bertz CT molecular complexity index is 602. The molecule has 0 bridgehead atoms. The normalized spacial score (nSPS) is 10.8. The number of hydrogen-bond acceptors (Lipinski definition) is 3. The Hall–Kier alpha value is -2.07. The fourth-order valence-electron chi connectivity index (χ4n) is 1.55. The van der Waals surface area contributed by atoms with Crippen molar-refractivity contribution >= 4 is 17.8 Å². The Kier molecular flexibility index (Phi) is 4.36. The van der Waals surface area contributed by atoms with Crippen molar-refractivity contribution in [3.8, 4) is 5.75 Å². The maximum absolute atomic E-state index is 13.4. The lowest BCUT2D eigenvalue weighted by Gasteiger charge is -2.09. The zero-order valence-electron chi connectivity index (χ0n) is 9.88. The number of ether oxygens (including phenoxy) is 1. The Balaban J connectivity index is 2.10. The van der Waals surface area contributed by atoms with E-state index in [1.54, 1.807) is 36.4 Å². The van der Waals surface area contributed by atoms with Crippen molar-refractivity contribution in [2.45, 2.75) is 6.61 Å². The van der Waals surface area contributed by atoms with Crippen LogP contribution in [-0.2, 0) is 6.61 Å². The molecule has 0 unspecified atom stereocenters. The first kappa shape index (κ1) is 13.4. The molecule has 0 aliphatic carbocycles. The summed E-state index contributed by atoms with van der Waals surface area (Å²) in [5.74, 6) is 0.127. The van der Waals surface area contributed by atoms with E-state index >= 15 is 0 Å². The highest BCUT2D eigenvalue weighted by Crippen LogP contribution is 2.26. The van der Waals surface area contributed by atoms with Crippen molar-refractivity contribution in [3.05, 3.63) is 64.4 Å². The van der Waals surface area contributed by atoms with Gasteiger partial charge in [-0.25, -0.2) is 4.39 Å². The highest BCUT2D eigenvalue weighted by Gasteiger charge is 2.05. The summed E-state index contributed by atoms with van der Waals surface area (Å²) in [5.41, 5.74) is 1.10. The molecule has 3 nitrogen and oxygen atoms in total. The molecule has 5 heteroatoms. The van der Waals surface area contributed by atoms with E-state index in [9.17, 15) is 4.39 Å². The van der Waals surface area contributed by atoms with Crippen LogP contribution in [-0.4, -0.2) is 11.4 Å². The maximum Gasteiger partial charge on any atom is 0.138 e. The summed E-state index contributed by atoms with van der Waals surface area (Å²) in [7, 11) is 0. The van der Waals surface area contributed by atoms with Gasteiger partial charge in [0.05, 0.1) is 11.2 Å². The van der Waals surface area contributed by atoms with Crippen molar-refractivity contribution < 1.29 is 14.3 Å². The number of oxime groups is 1. The van der Waals surface area contributed by atoms with Gasteiger partial charge in [0.25, 0.3) is 0 Å². The van der Waals surface area contributed by atoms with Crippen LogP contribution in [0.3, 0.4) is 0 Å². The standard InChI is InChI=1S/C14H11ClFNO2/c15-12-7-10(8-17-18)5-6-14(12)19-9-11-3-1-2-4-13(11)16/h1-8,18H,9H2/b17-8-. The molecule has 0 radical (unpaired) electrons. The molecular weight excluding hydrogens is 269 g/mol. The second kappa shape index (κ2) is 6.20. The predicted molar refractivity (Wildman–Crippen MR) is 71.6 cm³/mol. The molecule has 0 saturated heterocycles. The van der Waals surface area contributed by atoms with Crippen molar-refractivity contribution in [1.29, 1.82) is 0 Å². The number of benzene rings is 2. The van der Waals surface area contributed by atoms with Crippen LogP contribution in [0.4, 0.5) is 4.39 Å². The van der Waals surface area contributed by atoms with Gasteiger partial charge in [0.2, 0.25) is 0 Å². The second-order valence-electron chi connectivity index (χ2n) is 3.81. The monoisotopic (exact) mass is 279 g/mol. The summed E-state index contributed by atoms with van der Waals surface area (Å²) < 4.78 is 18.9. The lowest BCUT2D eigenvalue weighted by Crippen LogP contribution is -1.99. The van der Waals surface area contributed by atoms with E-state index in [1.165, 1.54) is 12.3 Å². The lowest BCUT2D eigenvalue weighted by molar-refractivity contribution is 0.300. The zero-order chi connectivity index (χ0) is 13.7. The quantitative estimate of drug-likeness (QED) is 0.524. The molecule has 0 aliphatic heterocycles. The van der Waals surface area contributed by atoms with Crippen LogP contribution in [0.15, 0.2) is 47.6 Å². The minimum atomic E-state index is -0.317. The van der Waals surface area contributed by atoms with Crippen LogP contribution in [0.25, 0.3) is 0 Å². The average molecular weight is 280 g/mol. The fraction of sp³-hybridized carbons (Fsp3) is 0.0714. The average Bonchev–Trinajstić information content (AvgIpc) is 2.40. The fourth-order valence-corrected chi connectivity index (χ4v) is 1.80. The Morgan fingerprint density at radius 1 is 1.26 bits per heavy atom. The Labute approximate surface area is 114 Å². The summed E-state index contributed by atoms with van der Waals surface area (Å²) in [6.45, 7) is 0.0971. The number of rotatable bonds is 4. The van der Waals surface area contributed by atoms with E-state index < -0.39 is 0 Å². The smallest absolute Gasteiger partial charge is 0.138 e. The van der Waals surface area contributed by atoms with Crippen molar-refractivity contribution in [1.82, 2.24) is 0 Å². The molecule has 2 aromatic carbocycles. The highest BCUT2D eigenvalue weighted by atomic mass is 35.5. The van der Waals surface area contributed by atoms with Gasteiger partial charge in [-0.3, -0.25) is 0 Å². The molecule has 0 aromatic heterocycles. The van der Waals surface area contributed by atoms with Gasteiger partial charge in [0.15, 0.2) is 0 Å². The SMILES string of the molecule is O/N=C\c1ccc(OCc2ccccc2F)c(Cl)c1. The minimum Gasteiger partial charge on any atom is -0.487 e. The first-order valence-electron chi connectivity index (χ1n) is 5.54. The third-order valence-corrected chi connectivity index (χ3v) is 2.80. The van der Waals surface area contributed by atoms with Crippen molar-refractivity contribution in [2.24, 2.45) is 5.16 Å². The van der Waals surface area contributed by atoms with Gasteiger partial charge in [-0.05, 0) is 29.8 Å². The van der Waals surface area contributed by atoms with Crippen LogP contribution in [0.2, 0.25) is 5.02 Å². The number of halogens is 2. The third kappa shape index (κ3) is 3.45. The molecule has 0 saturated carbocycles. The molecular formula is C14H11ClFNO2. The second-order valence-corrected chi connectivity index (χ2v) is 4.22. The van der Waals surface area contributed by atoms with Crippen LogP contribution in [0.1, 0.15) is 11.1 Å². The summed E-state index contributed by atoms with van der Waals surface area (Å²) in [5, 5.41) is 11.7. The lowest BCUT2D eigenvalue weighted by atomic mass is 10.2. The molecule has 1 N–H and O–H groups in total. The first-order chi connectivity index (χ1) is 9.20. The van der Waals surface area contributed by atoms with Crippen LogP contribution in [0.5, 0.6) is 5.75 Å². The molecule has 2 rings (SSSR count). The van der Waals surface area contributed by atoms with Crippen molar-refractivity contribution in [2.75, 3.05) is 0 Å². The zero-order valence-corrected chi connectivity index (χ0v) is 10.6. The molecule has 0 amide bonds. The summed E-state index contributed by atoms with van der Waals surface area (Å²) in [4.78, 5) is 0. The van der Waals surface area contributed by atoms with E-state index in [-0.39, 0.29) is 12.4 Å². The van der Waals surface area contributed by atoms with E-state index in [4.69, 9.17) is 21.5 Å². The topological polar surface area (TPSA) is 41.8 Å². The van der Waals surface area contributed by atoms with E-state index in [2.05, 4.69) is 5.16 Å². The summed E-state index contributed by atoms with van der Waals surface area (Å²) in [6.07, 6.45) is 1.26. The largest absolute Gasteiger partial charge is 0.487 e. The first-order valence-corrected chi connectivity index (χ1v) is 5.91. The molecule has 0 heterocycles.